The lowest BCUT2D eigenvalue weighted by atomic mass is 10.1. The Kier molecular flexibility index (Phi) is 2.88. The van der Waals surface area contributed by atoms with Gasteiger partial charge in [0.05, 0.1) is 0 Å². The maximum atomic E-state index is 10.8. The zero-order valence-corrected chi connectivity index (χ0v) is 8.42. The van der Waals surface area contributed by atoms with Crippen LogP contribution in [0.15, 0.2) is 12.1 Å². The fourth-order valence-corrected chi connectivity index (χ4v) is 1.44. The molecule has 0 aliphatic heterocycles. The smallest absolute Gasteiger partial charge is 0.415 e. The molecule has 0 aliphatic carbocycles. The maximum Gasteiger partial charge on any atom is 0.416 e. The Balaban J connectivity index is 3.10. The molecule has 0 bridgehead atoms. The van der Waals surface area contributed by atoms with Gasteiger partial charge in [0.15, 0.2) is 6.07 Å². The molecule has 0 atom stereocenters. The molecule has 3 heteroatoms. The Morgan fingerprint density at radius 2 is 1.79 bits per heavy atom. The average molecular weight is 189 g/mol. The van der Waals surface area contributed by atoms with Gasteiger partial charge in [-0.15, -0.1) is 0 Å². The molecule has 1 aromatic rings. The Morgan fingerprint density at radius 1 is 1.29 bits per heavy atom. The molecule has 1 aromatic carbocycles. The fourth-order valence-electron chi connectivity index (χ4n) is 1.44. The Bertz CT molecular complexity index is 393. The quantitative estimate of drug-likeness (QED) is 0.386. The summed E-state index contributed by atoms with van der Waals surface area (Å²) >= 11 is 0. The molecule has 0 aromatic heterocycles. The molecule has 1 rings (SSSR count). The van der Waals surface area contributed by atoms with Gasteiger partial charge in [-0.3, -0.25) is 0 Å². The highest BCUT2D eigenvalue weighted by Gasteiger charge is 2.09. The minimum absolute atomic E-state index is 0.488. The summed E-state index contributed by atoms with van der Waals surface area (Å²) in [5.74, 6) is -0.387. The SMILES string of the molecule is Cc1cc(C)c(OC(=O)C#N)c(C)c1. The van der Waals surface area contributed by atoms with Crippen LogP contribution in [0, 0.1) is 32.1 Å². The molecule has 14 heavy (non-hydrogen) atoms. The summed E-state index contributed by atoms with van der Waals surface area (Å²) in [6, 6.07) is 5.24. The maximum absolute atomic E-state index is 10.8. The molecular formula is C11H11NO2. The van der Waals surface area contributed by atoms with E-state index in [2.05, 4.69) is 0 Å². The van der Waals surface area contributed by atoms with Crippen molar-refractivity contribution in [3.05, 3.63) is 28.8 Å². The first-order valence-electron chi connectivity index (χ1n) is 4.24. The van der Waals surface area contributed by atoms with Gasteiger partial charge in [-0.1, -0.05) is 17.7 Å². The van der Waals surface area contributed by atoms with Crippen LogP contribution in [0.2, 0.25) is 0 Å². The van der Waals surface area contributed by atoms with Crippen LogP contribution in [-0.2, 0) is 4.79 Å². The second-order valence-corrected chi connectivity index (χ2v) is 3.23. The predicted octanol–water partition coefficient (Wildman–Crippen LogP) is 2.04. The third-order valence-corrected chi connectivity index (χ3v) is 1.89. The van der Waals surface area contributed by atoms with Gasteiger partial charge in [0.25, 0.3) is 0 Å². The van der Waals surface area contributed by atoms with Crippen LogP contribution in [0.1, 0.15) is 16.7 Å². The van der Waals surface area contributed by atoms with E-state index in [0.29, 0.717) is 5.75 Å². The minimum atomic E-state index is -0.875. The predicted molar refractivity (Wildman–Crippen MR) is 51.9 cm³/mol. The van der Waals surface area contributed by atoms with Crippen LogP contribution in [0.3, 0.4) is 0 Å². The molecule has 0 saturated heterocycles. The normalized spacial score (nSPS) is 9.29. The molecular weight excluding hydrogens is 178 g/mol. The van der Waals surface area contributed by atoms with Gasteiger partial charge in [0.1, 0.15) is 5.75 Å². The van der Waals surface area contributed by atoms with Gasteiger partial charge in [-0.05, 0) is 31.9 Å². The van der Waals surface area contributed by atoms with Crippen LogP contribution >= 0.6 is 0 Å². The highest BCUT2D eigenvalue weighted by atomic mass is 16.5. The second-order valence-electron chi connectivity index (χ2n) is 3.23. The van der Waals surface area contributed by atoms with Crippen molar-refractivity contribution in [3.63, 3.8) is 0 Å². The number of esters is 1. The first-order valence-corrected chi connectivity index (χ1v) is 4.24. The van der Waals surface area contributed by atoms with Gasteiger partial charge in [-0.25, -0.2) is 4.79 Å². The van der Waals surface area contributed by atoms with Gasteiger partial charge < -0.3 is 4.74 Å². The van der Waals surface area contributed by atoms with Gasteiger partial charge in [0, 0.05) is 0 Å². The highest BCUT2D eigenvalue weighted by Crippen LogP contribution is 2.24. The number of carbonyl (C=O) groups is 1. The third-order valence-electron chi connectivity index (χ3n) is 1.89. The van der Waals surface area contributed by atoms with Gasteiger partial charge >= 0.3 is 5.97 Å². The van der Waals surface area contributed by atoms with Gasteiger partial charge in [-0.2, -0.15) is 5.26 Å². The van der Waals surface area contributed by atoms with Crippen molar-refractivity contribution in [2.45, 2.75) is 20.8 Å². The summed E-state index contributed by atoms with van der Waals surface area (Å²) < 4.78 is 4.88. The van der Waals surface area contributed by atoms with Crippen molar-refractivity contribution in [1.82, 2.24) is 0 Å². The number of ether oxygens (including phenoxy) is 1. The minimum Gasteiger partial charge on any atom is -0.415 e. The average Bonchev–Trinajstić information content (AvgIpc) is 2.10. The zero-order chi connectivity index (χ0) is 10.7. The largest absolute Gasteiger partial charge is 0.416 e. The third kappa shape index (κ3) is 2.11. The van der Waals surface area contributed by atoms with E-state index in [0.717, 1.165) is 16.7 Å². The molecule has 3 nitrogen and oxygen atoms in total. The number of hydrogen-bond donors (Lipinski definition) is 0. The number of nitrogens with zero attached hydrogens (tertiary/aromatic N) is 1. The van der Waals surface area contributed by atoms with E-state index in [1.54, 1.807) is 0 Å². The van der Waals surface area contributed by atoms with E-state index in [-0.39, 0.29) is 0 Å². The fraction of sp³-hybridized carbons (Fsp3) is 0.273. The van der Waals surface area contributed by atoms with Crippen LogP contribution in [-0.4, -0.2) is 5.97 Å². The number of nitriles is 1. The lowest BCUT2D eigenvalue weighted by molar-refractivity contribution is -0.128. The highest BCUT2D eigenvalue weighted by molar-refractivity contribution is 5.88. The summed E-state index contributed by atoms with van der Waals surface area (Å²) in [5.41, 5.74) is 2.84. The molecule has 0 N–H and O–H groups in total. The van der Waals surface area contributed by atoms with E-state index < -0.39 is 5.97 Å². The van der Waals surface area contributed by atoms with Crippen molar-refractivity contribution in [2.75, 3.05) is 0 Å². The van der Waals surface area contributed by atoms with E-state index >= 15 is 0 Å². The molecule has 0 amide bonds. The monoisotopic (exact) mass is 189 g/mol. The van der Waals surface area contributed by atoms with Crippen molar-refractivity contribution >= 4 is 5.97 Å². The summed E-state index contributed by atoms with van der Waals surface area (Å²) in [6.07, 6.45) is 0. The lowest BCUT2D eigenvalue weighted by Gasteiger charge is -2.08. The summed E-state index contributed by atoms with van der Waals surface area (Å²) in [5, 5.41) is 8.31. The molecule has 0 radical (unpaired) electrons. The van der Waals surface area contributed by atoms with Crippen molar-refractivity contribution in [3.8, 4) is 11.8 Å². The van der Waals surface area contributed by atoms with E-state index in [1.165, 1.54) is 6.07 Å². The van der Waals surface area contributed by atoms with E-state index in [1.807, 2.05) is 32.9 Å². The van der Waals surface area contributed by atoms with Crippen molar-refractivity contribution < 1.29 is 9.53 Å². The number of carbonyl (C=O) groups excluding carboxylic acids is 1. The van der Waals surface area contributed by atoms with E-state index in [9.17, 15) is 4.79 Å². The van der Waals surface area contributed by atoms with Crippen LogP contribution < -0.4 is 4.74 Å². The van der Waals surface area contributed by atoms with Crippen molar-refractivity contribution in [1.29, 1.82) is 5.26 Å². The number of hydrogen-bond acceptors (Lipinski definition) is 3. The Labute approximate surface area is 82.9 Å². The standard InChI is InChI=1S/C11H11NO2/c1-7-4-8(2)11(9(3)5-7)14-10(13)6-12/h4-5H,1-3H3. The van der Waals surface area contributed by atoms with E-state index in [4.69, 9.17) is 10.00 Å². The first-order chi connectivity index (χ1) is 6.54. The Morgan fingerprint density at radius 3 is 2.21 bits per heavy atom. The topological polar surface area (TPSA) is 50.1 Å². The van der Waals surface area contributed by atoms with Crippen molar-refractivity contribution in [2.24, 2.45) is 0 Å². The molecule has 0 saturated carbocycles. The first kappa shape index (κ1) is 10.3. The van der Waals surface area contributed by atoms with Crippen LogP contribution in [0.5, 0.6) is 5.75 Å². The molecule has 0 unspecified atom stereocenters. The second kappa shape index (κ2) is 3.93. The molecule has 0 fully saturated rings. The summed E-state index contributed by atoms with van der Waals surface area (Å²) in [6.45, 7) is 5.66. The molecule has 72 valence electrons. The Hall–Kier alpha value is -1.82. The number of aryl methyl sites for hydroxylation is 3. The molecule has 0 aliphatic rings. The van der Waals surface area contributed by atoms with Crippen LogP contribution in [0.4, 0.5) is 0 Å². The van der Waals surface area contributed by atoms with Gasteiger partial charge in [0.2, 0.25) is 0 Å². The number of rotatable bonds is 1. The molecule has 0 spiro atoms. The zero-order valence-electron chi connectivity index (χ0n) is 8.42. The molecule has 0 heterocycles. The summed E-state index contributed by atoms with van der Waals surface area (Å²) in [7, 11) is 0. The van der Waals surface area contributed by atoms with Crippen LogP contribution in [0.25, 0.3) is 0 Å². The summed E-state index contributed by atoms with van der Waals surface area (Å²) in [4.78, 5) is 10.8. The lowest BCUT2D eigenvalue weighted by Crippen LogP contribution is -2.06. The number of benzene rings is 1.